The highest BCUT2D eigenvalue weighted by atomic mass is 19.1. The molecule has 0 radical (unpaired) electrons. The van der Waals surface area contributed by atoms with E-state index in [0.717, 1.165) is 22.5 Å². The summed E-state index contributed by atoms with van der Waals surface area (Å²) in [5, 5.41) is 2.94. The largest absolute Gasteiger partial charge is 0.351 e. The molecule has 4 rings (SSSR count). The van der Waals surface area contributed by atoms with Gasteiger partial charge in [-0.25, -0.2) is 14.4 Å². The summed E-state index contributed by atoms with van der Waals surface area (Å²) in [6, 6.07) is 17.8. The molecule has 0 spiro atoms. The molecule has 4 aromatic rings. The van der Waals surface area contributed by atoms with Crippen LogP contribution in [0.4, 0.5) is 4.39 Å². The Kier molecular flexibility index (Phi) is 4.61. The molecule has 0 aliphatic rings. The molecule has 3 N–H and O–H groups in total. The quantitative estimate of drug-likeness (QED) is 0.526. The second-order valence-electron chi connectivity index (χ2n) is 6.21. The zero-order valence-corrected chi connectivity index (χ0v) is 14.6. The molecule has 27 heavy (non-hydrogen) atoms. The number of aromatic amines is 2. The first kappa shape index (κ1) is 16.9. The van der Waals surface area contributed by atoms with Crippen molar-refractivity contribution >= 4 is 11.4 Å². The first-order valence-electron chi connectivity index (χ1n) is 8.74. The van der Waals surface area contributed by atoms with Crippen molar-refractivity contribution < 1.29 is 18.6 Å². The van der Waals surface area contributed by atoms with Gasteiger partial charge in [0.2, 0.25) is 0 Å². The van der Waals surface area contributed by atoms with Gasteiger partial charge in [-0.1, -0.05) is 12.1 Å². The number of hydrogen-bond donors (Lipinski definition) is 2. The minimum atomic E-state index is -0.294. The number of benzene rings is 1. The fourth-order valence-electron chi connectivity index (χ4n) is 3.07. The Hall–Kier alpha value is -3.54. The Balaban J connectivity index is 1.59. The van der Waals surface area contributed by atoms with E-state index < -0.39 is 0 Å². The van der Waals surface area contributed by atoms with Gasteiger partial charge in [-0.2, -0.15) is 4.40 Å². The third kappa shape index (κ3) is 3.55. The lowest BCUT2D eigenvalue weighted by Crippen LogP contribution is -2.36. The highest BCUT2D eigenvalue weighted by Gasteiger charge is 2.25. The lowest BCUT2D eigenvalue weighted by molar-refractivity contribution is -0.513. The number of rotatable bonds is 5. The molecule has 0 atom stereocenters. The standard InChI is InChI=1S/C21H17FN4O/c22-16-9-7-15(8-10-16)19-18-6-2-4-14-26(18)20(25-19)21(27)24-13-11-17-5-1-3-12-23-17/h1-10,12,14H,11,13H2,(H,24,27)/p+2. The van der Waals surface area contributed by atoms with E-state index in [1.54, 1.807) is 12.1 Å². The number of pyridine rings is 2. The zero-order chi connectivity index (χ0) is 18.6. The molecular weight excluding hydrogens is 343 g/mol. The van der Waals surface area contributed by atoms with Crippen LogP contribution in [0.5, 0.6) is 0 Å². The van der Waals surface area contributed by atoms with Gasteiger partial charge >= 0.3 is 11.7 Å². The van der Waals surface area contributed by atoms with Crippen LogP contribution in [0.25, 0.3) is 16.8 Å². The SMILES string of the molecule is O=C(NCCc1cccc[nH+]1)c1[nH]c(-c2ccc(F)cc2)c2cccc[n+]12. The fourth-order valence-corrected chi connectivity index (χ4v) is 3.07. The highest BCUT2D eigenvalue weighted by molar-refractivity contribution is 5.91. The molecule has 1 aromatic carbocycles. The molecule has 3 aromatic heterocycles. The summed E-state index contributed by atoms with van der Waals surface area (Å²) in [6.07, 6.45) is 4.40. The van der Waals surface area contributed by atoms with Gasteiger partial charge in [-0.3, -0.25) is 4.79 Å². The van der Waals surface area contributed by atoms with Crippen LogP contribution < -0.4 is 14.7 Å². The molecule has 6 heteroatoms. The van der Waals surface area contributed by atoms with Crippen molar-refractivity contribution in [2.45, 2.75) is 6.42 Å². The van der Waals surface area contributed by atoms with E-state index in [1.807, 2.05) is 53.2 Å². The second kappa shape index (κ2) is 7.37. The summed E-state index contributed by atoms with van der Waals surface area (Å²) in [5.41, 5.74) is 3.50. The molecule has 0 aliphatic carbocycles. The van der Waals surface area contributed by atoms with Crippen molar-refractivity contribution in [3.8, 4) is 11.3 Å². The van der Waals surface area contributed by atoms with Crippen LogP contribution in [-0.4, -0.2) is 17.4 Å². The molecule has 3 heterocycles. The Labute approximate surface area is 155 Å². The van der Waals surface area contributed by atoms with Gasteiger partial charge in [0.1, 0.15) is 5.82 Å². The van der Waals surface area contributed by atoms with Crippen molar-refractivity contribution in [1.29, 1.82) is 0 Å². The van der Waals surface area contributed by atoms with Gasteiger partial charge in [-0.15, -0.1) is 0 Å². The summed E-state index contributed by atoms with van der Waals surface area (Å²) in [4.78, 5) is 19.1. The van der Waals surface area contributed by atoms with Crippen LogP contribution in [0.1, 0.15) is 16.3 Å². The van der Waals surface area contributed by atoms with E-state index in [-0.39, 0.29) is 11.7 Å². The number of hydrogen-bond acceptors (Lipinski definition) is 1. The summed E-state index contributed by atoms with van der Waals surface area (Å²) in [5.74, 6) is -0.0552. The zero-order valence-electron chi connectivity index (χ0n) is 14.6. The first-order chi connectivity index (χ1) is 13.2. The predicted molar refractivity (Wildman–Crippen MR) is 98.4 cm³/mol. The van der Waals surface area contributed by atoms with Crippen LogP contribution in [0.2, 0.25) is 0 Å². The Bertz CT molecular complexity index is 1070. The van der Waals surface area contributed by atoms with Crippen molar-refractivity contribution in [3.63, 3.8) is 0 Å². The number of fused-ring (bicyclic) bond motifs is 1. The lowest BCUT2D eigenvalue weighted by atomic mass is 10.1. The van der Waals surface area contributed by atoms with Crippen molar-refractivity contribution in [3.05, 3.63) is 90.4 Å². The van der Waals surface area contributed by atoms with Gasteiger partial charge in [0.25, 0.3) is 0 Å². The van der Waals surface area contributed by atoms with Crippen LogP contribution >= 0.6 is 0 Å². The van der Waals surface area contributed by atoms with E-state index in [0.29, 0.717) is 18.8 Å². The number of H-pyrrole nitrogens is 2. The first-order valence-corrected chi connectivity index (χ1v) is 8.74. The predicted octanol–water partition coefficient (Wildman–Crippen LogP) is 2.35. The number of nitrogens with zero attached hydrogens (tertiary/aromatic N) is 1. The average molecular weight is 362 g/mol. The molecule has 0 aliphatic heterocycles. The molecule has 0 fully saturated rings. The third-order valence-corrected chi connectivity index (χ3v) is 4.40. The summed E-state index contributed by atoms with van der Waals surface area (Å²) in [7, 11) is 0. The molecule has 134 valence electrons. The summed E-state index contributed by atoms with van der Waals surface area (Å²) in [6.45, 7) is 0.513. The minimum absolute atomic E-state index is 0.194. The van der Waals surface area contributed by atoms with Crippen molar-refractivity contribution in [1.82, 2.24) is 10.3 Å². The van der Waals surface area contributed by atoms with Crippen molar-refractivity contribution in [2.24, 2.45) is 0 Å². The van der Waals surface area contributed by atoms with E-state index >= 15 is 0 Å². The number of aromatic nitrogens is 3. The number of halogens is 1. The number of nitrogens with one attached hydrogen (secondary N) is 3. The van der Waals surface area contributed by atoms with Crippen LogP contribution in [-0.2, 0) is 6.42 Å². The van der Waals surface area contributed by atoms with Gasteiger partial charge in [0.15, 0.2) is 23.1 Å². The van der Waals surface area contributed by atoms with Crippen molar-refractivity contribution in [2.75, 3.05) is 6.54 Å². The molecule has 0 unspecified atom stereocenters. The number of carbonyl (C=O) groups is 1. The van der Waals surface area contributed by atoms with E-state index in [2.05, 4.69) is 15.3 Å². The lowest BCUT2D eigenvalue weighted by Gasteiger charge is -1.99. The summed E-state index contributed by atoms with van der Waals surface area (Å²) < 4.78 is 15.1. The molecule has 0 saturated heterocycles. The topological polar surface area (TPSA) is 63.1 Å². The van der Waals surface area contributed by atoms with Gasteiger partial charge in [-0.05, 0) is 36.4 Å². The Morgan fingerprint density at radius 2 is 1.89 bits per heavy atom. The molecule has 5 nitrogen and oxygen atoms in total. The van der Waals surface area contributed by atoms with Gasteiger partial charge in [0, 0.05) is 30.7 Å². The van der Waals surface area contributed by atoms with Gasteiger partial charge < -0.3 is 5.32 Å². The number of carbonyl (C=O) groups excluding carboxylic acids is 1. The maximum Gasteiger partial charge on any atom is 0.351 e. The monoisotopic (exact) mass is 362 g/mol. The molecule has 0 saturated carbocycles. The Morgan fingerprint density at radius 1 is 1.07 bits per heavy atom. The van der Waals surface area contributed by atoms with E-state index in [4.69, 9.17) is 0 Å². The fraction of sp³-hybridized carbons (Fsp3) is 0.0952. The smallest absolute Gasteiger partial charge is 0.345 e. The normalized spacial score (nSPS) is 10.9. The molecular formula is C21H19FN4O+2. The van der Waals surface area contributed by atoms with Crippen LogP contribution in [0, 0.1) is 5.82 Å². The molecule has 1 amide bonds. The maximum absolute atomic E-state index is 13.2. The maximum atomic E-state index is 13.2. The average Bonchev–Trinajstić information content (AvgIpc) is 3.09. The van der Waals surface area contributed by atoms with Crippen LogP contribution in [0.15, 0.2) is 73.1 Å². The van der Waals surface area contributed by atoms with Crippen LogP contribution in [0.3, 0.4) is 0 Å². The third-order valence-electron chi connectivity index (χ3n) is 4.40. The Morgan fingerprint density at radius 3 is 2.67 bits per heavy atom. The van der Waals surface area contributed by atoms with E-state index in [9.17, 15) is 9.18 Å². The number of imidazole rings is 1. The van der Waals surface area contributed by atoms with Gasteiger partial charge in [0.05, 0.1) is 6.20 Å². The summed E-state index contributed by atoms with van der Waals surface area (Å²) >= 11 is 0. The van der Waals surface area contributed by atoms with E-state index in [1.165, 1.54) is 12.1 Å². The number of amides is 1. The molecule has 0 bridgehead atoms. The highest BCUT2D eigenvalue weighted by Crippen LogP contribution is 2.21. The minimum Gasteiger partial charge on any atom is -0.345 e. The second-order valence-corrected chi connectivity index (χ2v) is 6.21.